The standard InChI is InChI=1S/C13H10BrN3S/c1-8-6-9(2-3-10(8)14)17-12-4-5-15-7-11(12)16-13(17)18/h2-7H,1H3,(H,16,18). The van der Waals surface area contributed by atoms with E-state index < -0.39 is 0 Å². The van der Waals surface area contributed by atoms with Crippen LogP contribution in [0, 0.1) is 11.7 Å². The van der Waals surface area contributed by atoms with Gasteiger partial charge in [-0.3, -0.25) is 9.55 Å². The van der Waals surface area contributed by atoms with E-state index in [1.165, 1.54) is 5.56 Å². The molecule has 0 unspecified atom stereocenters. The highest BCUT2D eigenvalue weighted by molar-refractivity contribution is 9.10. The smallest absolute Gasteiger partial charge is 0.182 e. The molecule has 0 saturated heterocycles. The van der Waals surface area contributed by atoms with Crippen molar-refractivity contribution in [2.45, 2.75) is 6.92 Å². The second-order valence-corrected chi connectivity index (χ2v) is 5.33. The van der Waals surface area contributed by atoms with Crippen molar-refractivity contribution < 1.29 is 0 Å². The van der Waals surface area contributed by atoms with E-state index in [0.29, 0.717) is 4.77 Å². The molecule has 1 N–H and O–H groups in total. The van der Waals surface area contributed by atoms with Gasteiger partial charge in [0.1, 0.15) is 0 Å². The van der Waals surface area contributed by atoms with Crippen LogP contribution in [0.1, 0.15) is 5.56 Å². The number of imidazole rings is 1. The Morgan fingerprint density at radius 2 is 2.17 bits per heavy atom. The number of aromatic amines is 1. The zero-order valence-electron chi connectivity index (χ0n) is 9.64. The summed E-state index contributed by atoms with van der Waals surface area (Å²) in [5.74, 6) is 0. The maximum atomic E-state index is 5.38. The van der Waals surface area contributed by atoms with Crippen LogP contribution in [0.3, 0.4) is 0 Å². The molecule has 0 saturated carbocycles. The molecule has 0 radical (unpaired) electrons. The summed E-state index contributed by atoms with van der Waals surface area (Å²) in [6, 6.07) is 8.14. The number of halogens is 1. The van der Waals surface area contributed by atoms with Crippen LogP contribution in [-0.4, -0.2) is 14.5 Å². The summed E-state index contributed by atoms with van der Waals surface area (Å²) in [6.07, 6.45) is 3.56. The molecule has 90 valence electrons. The molecule has 5 heteroatoms. The van der Waals surface area contributed by atoms with Crippen molar-refractivity contribution in [1.29, 1.82) is 0 Å². The highest BCUT2D eigenvalue weighted by atomic mass is 79.9. The van der Waals surface area contributed by atoms with Gasteiger partial charge in [0.2, 0.25) is 0 Å². The van der Waals surface area contributed by atoms with Crippen molar-refractivity contribution in [2.24, 2.45) is 0 Å². The third-order valence-corrected chi connectivity index (χ3v) is 4.06. The number of fused-ring (bicyclic) bond motifs is 1. The van der Waals surface area contributed by atoms with E-state index in [-0.39, 0.29) is 0 Å². The van der Waals surface area contributed by atoms with Gasteiger partial charge in [-0.05, 0) is 49.0 Å². The van der Waals surface area contributed by atoms with Crippen molar-refractivity contribution in [3.05, 3.63) is 51.5 Å². The molecule has 3 rings (SSSR count). The first-order valence-corrected chi connectivity index (χ1v) is 6.68. The zero-order valence-corrected chi connectivity index (χ0v) is 12.0. The van der Waals surface area contributed by atoms with Gasteiger partial charge in [0.25, 0.3) is 0 Å². The lowest BCUT2D eigenvalue weighted by atomic mass is 10.2. The number of nitrogens with one attached hydrogen (secondary N) is 1. The number of benzene rings is 1. The first-order valence-electron chi connectivity index (χ1n) is 5.48. The lowest BCUT2D eigenvalue weighted by Gasteiger charge is -2.06. The molecule has 2 heterocycles. The van der Waals surface area contributed by atoms with Gasteiger partial charge < -0.3 is 4.98 Å². The van der Waals surface area contributed by atoms with Gasteiger partial charge in [0.05, 0.1) is 17.2 Å². The Balaban J connectivity index is 2.34. The fourth-order valence-electron chi connectivity index (χ4n) is 1.98. The number of hydrogen-bond donors (Lipinski definition) is 1. The summed E-state index contributed by atoms with van der Waals surface area (Å²) in [6.45, 7) is 2.06. The highest BCUT2D eigenvalue weighted by Gasteiger charge is 2.07. The van der Waals surface area contributed by atoms with Crippen LogP contribution < -0.4 is 0 Å². The fraction of sp³-hybridized carbons (Fsp3) is 0.0769. The Morgan fingerprint density at radius 1 is 1.33 bits per heavy atom. The van der Waals surface area contributed by atoms with Crippen LogP contribution in [0.2, 0.25) is 0 Å². The number of nitrogens with zero attached hydrogens (tertiary/aromatic N) is 2. The van der Waals surface area contributed by atoms with Gasteiger partial charge in [-0.2, -0.15) is 0 Å². The summed E-state index contributed by atoms with van der Waals surface area (Å²) in [7, 11) is 0. The first-order chi connectivity index (χ1) is 8.66. The van der Waals surface area contributed by atoms with Gasteiger partial charge in [-0.25, -0.2) is 0 Å². The van der Waals surface area contributed by atoms with Gasteiger partial charge in [-0.15, -0.1) is 0 Å². The molecule has 2 aromatic heterocycles. The SMILES string of the molecule is Cc1cc(-n2c(=S)[nH]c3cnccc32)ccc1Br. The van der Waals surface area contributed by atoms with Crippen LogP contribution in [-0.2, 0) is 0 Å². The van der Waals surface area contributed by atoms with Crippen molar-refractivity contribution in [3.63, 3.8) is 0 Å². The summed E-state index contributed by atoms with van der Waals surface area (Å²) in [5, 5.41) is 0. The molecule has 0 aliphatic rings. The molecule has 0 atom stereocenters. The van der Waals surface area contributed by atoms with Crippen LogP contribution >= 0.6 is 28.1 Å². The lowest BCUT2D eigenvalue weighted by molar-refractivity contribution is 1.06. The van der Waals surface area contributed by atoms with Crippen molar-refractivity contribution >= 4 is 39.2 Å². The lowest BCUT2D eigenvalue weighted by Crippen LogP contribution is -1.94. The minimum Gasteiger partial charge on any atom is -0.329 e. The first kappa shape index (κ1) is 11.6. The quantitative estimate of drug-likeness (QED) is 0.683. The number of pyridine rings is 1. The molecule has 1 aromatic carbocycles. The molecule has 18 heavy (non-hydrogen) atoms. The topological polar surface area (TPSA) is 33.6 Å². The Labute approximate surface area is 118 Å². The molecule has 0 spiro atoms. The Morgan fingerprint density at radius 3 is 2.94 bits per heavy atom. The van der Waals surface area contributed by atoms with E-state index >= 15 is 0 Å². The molecule has 0 aliphatic heterocycles. The van der Waals surface area contributed by atoms with Crippen LogP contribution in [0.5, 0.6) is 0 Å². The molecule has 0 bridgehead atoms. The maximum absolute atomic E-state index is 5.38. The molecule has 3 aromatic rings. The van der Waals surface area contributed by atoms with Crippen LogP contribution in [0.4, 0.5) is 0 Å². The van der Waals surface area contributed by atoms with E-state index in [1.807, 2.05) is 22.8 Å². The largest absolute Gasteiger partial charge is 0.329 e. The molecule has 0 aliphatic carbocycles. The Kier molecular flexibility index (Phi) is 2.80. The average molecular weight is 320 g/mol. The minimum atomic E-state index is 0.680. The Hall–Kier alpha value is -1.46. The molecular formula is C13H10BrN3S. The predicted molar refractivity (Wildman–Crippen MR) is 78.7 cm³/mol. The second kappa shape index (κ2) is 4.33. The Bertz CT molecular complexity index is 788. The van der Waals surface area contributed by atoms with E-state index in [2.05, 4.69) is 38.9 Å². The van der Waals surface area contributed by atoms with Gasteiger partial charge in [-0.1, -0.05) is 15.9 Å². The normalized spacial score (nSPS) is 11.0. The monoisotopic (exact) mass is 319 g/mol. The van der Waals surface area contributed by atoms with Crippen LogP contribution in [0.15, 0.2) is 41.1 Å². The van der Waals surface area contributed by atoms with E-state index in [0.717, 1.165) is 21.2 Å². The summed E-state index contributed by atoms with van der Waals surface area (Å²) >= 11 is 8.89. The highest BCUT2D eigenvalue weighted by Crippen LogP contribution is 2.23. The molecule has 0 fully saturated rings. The van der Waals surface area contributed by atoms with E-state index in [1.54, 1.807) is 12.4 Å². The third kappa shape index (κ3) is 1.79. The summed E-state index contributed by atoms with van der Waals surface area (Å²) < 4.78 is 3.80. The maximum Gasteiger partial charge on any atom is 0.182 e. The summed E-state index contributed by atoms with van der Waals surface area (Å²) in [5.41, 5.74) is 4.22. The summed E-state index contributed by atoms with van der Waals surface area (Å²) in [4.78, 5) is 7.26. The molecule has 0 amide bonds. The number of aryl methyl sites for hydroxylation is 1. The average Bonchev–Trinajstić information content (AvgIpc) is 2.69. The molecule has 3 nitrogen and oxygen atoms in total. The van der Waals surface area contributed by atoms with Gasteiger partial charge in [0.15, 0.2) is 4.77 Å². The van der Waals surface area contributed by atoms with E-state index in [9.17, 15) is 0 Å². The third-order valence-electron chi connectivity index (χ3n) is 2.88. The zero-order chi connectivity index (χ0) is 12.7. The van der Waals surface area contributed by atoms with Crippen molar-refractivity contribution in [3.8, 4) is 5.69 Å². The second-order valence-electron chi connectivity index (χ2n) is 4.09. The number of hydrogen-bond acceptors (Lipinski definition) is 2. The number of rotatable bonds is 1. The van der Waals surface area contributed by atoms with Gasteiger partial charge in [0, 0.05) is 16.4 Å². The van der Waals surface area contributed by atoms with Crippen LogP contribution in [0.25, 0.3) is 16.7 Å². The van der Waals surface area contributed by atoms with Gasteiger partial charge >= 0.3 is 0 Å². The van der Waals surface area contributed by atoms with Crippen molar-refractivity contribution in [1.82, 2.24) is 14.5 Å². The van der Waals surface area contributed by atoms with E-state index in [4.69, 9.17) is 12.2 Å². The number of aromatic nitrogens is 3. The molecular weight excluding hydrogens is 310 g/mol. The number of H-pyrrole nitrogens is 1. The minimum absolute atomic E-state index is 0.680. The predicted octanol–water partition coefficient (Wildman–Crippen LogP) is 4.15. The fourth-order valence-corrected chi connectivity index (χ4v) is 2.54. The van der Waals surface area contributed by atoms with Crippen molar-refractivity contribution in [2.75, 3.05) is 0 Å².